The molecule has 11 nitrogen and oxygen atoms in total. The Morgan fingerprint density at radius 1 is 1.24 bits per heavy atom. The molecule has 2 aromatic rings. The van der Waals surface area contributed by atoms with Crippen LogP contribution in [0.3, 0.4) is 0 Å². The smallest absolute Gasteiger partial charge is 0.301 e. The summed E-state index contributed by atoms with van der Waals surface area (Å²) in [6.45, 7) is 0.907. The topological polar surface area (TPSA) is 143 Å². The van der Waals surface area contributed by atoms with Crippen LogP contribution in [0.5, 0.6) is 11.5 Å². The number of phenolic OH excluding ortho intramolecular Hbond substituents is 1. The number of nitrogens with one attached hydrogen (secondary N) is 1. The summed E-state index contributed by atoms with van der Waals surface area (Å²) >= 11 is 0. The van der Waals surface area contributed by atoms with Crippen molar-refractivity contribution in [1.82, 2.24) is 4.90 Å². The number of likely N-dealkylation sites (N-methyl/N-ethyl adjacent to an activating group) is 1. The van der Waals surface area contributed by atoms with Crippen molar-refractivity contribution >= 4 is 22.8 Å². The van der Waals surface area contributed by atoms with Crippen LogP contribution in [0.15, 0.2) is 35.4 Å². The van der Waals surface area contributed by atoms with Gasteiger partial charge in [0.15, 0.2) is 11.5 Å². The third kappa shape index (κ3) is 2.70. The normalized spacial score (nSPS) is 29.9. The number of phenols is 1. The van der Waals surface area contributed by atoms with Gasteiger partial charge in [-0.05, 0) is 62.9 Å². The van der Waals surface area contributed by atoms with Crippen molar-refractivity contribution in [3.63, 3.8) is 0 Å². The highest BCUT2D eigenvalue weighted by Gasteiger charge is 2.64. The second-order valence-corrected chi connectivity index (χ2v) is 9.56. The number of hydrazone groups is 1. The van der Waals surface area contributed by atoms with Gasteiger partial charge in [-0.3, -0.25) is 25.7 Å². The Morgan fingerprint density at radius 3 is 2.82 bits per heavy atom. The molecule has 0 amide bonds. The van der Waals surface area contributed by atoms with Crippen molar-refractivity contribution < 1.29 is 19.7 Å². The number of hydrogen-bond donors (Lipinski definition) is 2. The number of hydrogen-bond acceptors (Lipinski definition) is 9. The van der Waals surface area contributed by atoms with Gasteiger partial charge in [-0.2, -0.15) is 5.10 Å². The van der Waals surface area contributed by atoms with Crippen molar-refractivity contribution in [2.45, 2.75) is 43.2 Å². The van der Waals surface area contributed by atoms with E-state index in [2.05, 4.69) is 22.5 Å². The van der Waals surface area contributed by atoms with Gasteiger partial charge < -0.3 is 14.7 Å². The quantitative estimate of drug-likeness (QED) is 0.517. The lowest BCUT2D eigenvalue weighted by Gasteiger charge is -2.57. The molecule has 4 atom stereocenters. The number of non-ortho nitro benzene ring substituents is 1. The third-order valence-corrected chi connectivity index (χ3v) is 8.11. The number of anilines is 1. The Balaban J connectivity index is 1.41. The number of aromatic hydroxyl groups is 1. The average molecular weight is 465 g/mol. The molecule has 1 unspecified atom stereocenters. The van der Waals surface area contributed by atoms with E-state index >= 15 is 0 Å². The summed E-state index contributed by atoms with van der Waals surface area (Å²) in [6, 6.07) is 7.49. The van der Waals surface area contributed by atoms with Gasteiger partial charge in [0.05, 0.1) is 21.6 Å². The van der Waals surface area contributed by atoms with E-state index in [4.69, 9.17) is 4.74 Å². The second-order valence-electron chi connectivity index (χ2n) is 9.56. The molecular weight excluding hydrogens is 442 g/mol. The number of likely N-dealkylation sites (tertiary alicyclic amines) is 1. The van der Waals surface area contributed by atoms with Gasteiger partial charge in [0.1, 0.15) is 11.8 Å². The summed E-state index contributed by atoms with van der Waals surface area (Å²) in [5.74, 6) is 1.02. The highest BCUT2D eigenvalue weighted by atomic mass is 16.6. The maximum absolute atomic E-state index is 11.5. The van der Waals surface area contributed by atoms with E-state index in [0.29, 0.717) is 24.1 Å². The van der Waals surface area contributed by atoms with E-state index in [1.165, 1.54) is 17.7 Å². The Hall–Kier alpha value is -3.73. The van der Waals surface area contributed by atoms with Crippen LogP contribution in [0, 0.1) is 26.1 Å². The predicted molar refractivity (Wildman–Crippen MR) is 122 cm³/mol. The molecule has 0 radical (unpaired) electrons. The summed E-state index contributed by atoms with van der Waals surface area (Å²) in [4.78, 5) is 23.6. The number of nitro benzene ring substituents is 2. The number of rotatable bonds is 4. The molecule has 1 saturated heterocycles. The molecule has 2 aliphatic carbocycles. The summed E-state index contributed by atoms with van der Waals surface area (Å²) in [5.41, 5.74) is 4.81. The highest BCUT2D eigenvalue weighted by Crippen LogP contribution is 2.63. The van der Waals surface area contributed by atoms with E-state index in [1.54, 1.807) is 6.07 Å². The standard InChI is InChI=1S/C23H23N5O6/c1-26-9-8-23-14-4-6-16(25-24-15-5-3-13(27(30)31)11-18(15)28(32)33)22(23)34-21-19(29)7-2-12(20(21)23)10-17(14)26/h2-3,5,7,11,14,17,22,24,29H,4,6,8-10H2,1H3/b25-16+/t14-,17+,22?,23-/m0/s1. The van der Waals surface area contributed by atoms with Crippen LogP contribution in [0.4, 0.5) is 17.1 Å². The lowest BCUT2D eigenvalue weighted by Crippen LogP contribution is -2.65. The SMILES string of the molecule is CN1CC[C@]23c4c5ccc(O)c4OC2/C(=N/Nc2ccc([N+](=O)[O-])cc2[N+](=O)[O-])CC[C@H]3[C@H]1C5. The Bertz CT molecular complexity index is 1280. The second kappa shape index (κ2) is 7.13. The first-order valence-corrected chi connectivity index (χ1v) is 11.3. The minimum absolute atomic E-state index is 0.0756. The first kappa shape index (κ1) is 20.8. The molecular formula is C23H23N5O6. The third-order valence-electron chi connectivity index (χ3n) is 8.11. The molecule has 1 spiro atoms. The number of piperidine rings is 1. The fourth-order valence-electron chi connectivity index (χ4n) is 6.66. The van der Waals surface area contributed by atoms with Crippen molar-refractivity contribution in [3.8, 4) is 11.5 Å². The lowest BCUT2D eigenvalue weighted by molar-refractivity contribution is -0.393. The average Bonchev–Trinajstić information content (AvgIpc) is 3.17. The molecule has 6 rings (SSSR count). The van der Waals surface area contributed by atoms with E-state index < -0.39 is 15.5 Å². The van der Waals surface area contributed by atoms with Crippen LogP contribution >= 0.6 is 0 Å². The van der Waals surface area contributed by atoms with E-state index in [9.17, 15) is 25.3 Å². The zero-order valence-electron chi connectivity index (χ0n) is 18.4. The van der Waals surface area contributed by atoms with Gasteiger partial charge in [0.2, 0.25) is 0 Å². The van der Waals surface area contributed by atoms with E-state index in [1.807, 2.05) is 6.07 Å². The van der Waals surface area contributed by atoms with Crippen LogP contribution in [0.2, 0.25) is 0 Å². The van der Waals surface area contributed by atoms with Crippen LogP contribution in [-0.4, -0.2) is 51.3 Å². The molecule has 0 aromatic heterocycles. The number of ether oxygens (including phenoxy) is 1. The van der Waals surface area contributed by atoms with Gasteiger partial charge in [-0.1, -0.05) is 6.07 Å². The summed E-state index contributed by atoms with van der Waals surface area (Å²) < 4.78 is 6.41. The molecule has 2 bridgehead atoms. The minimum atomic E-state index is -0.670. The predicted octanol–water partition coefficient (Wildman–Crippen LogP) is 3.35. The zero-order valence-corrected chi connectivity index (χ0v) is 18.4. The van der Waals surface area contributed by atoms with E-state index in [-0.39, 0.29) is 28.6 Å². The lowest BCUT2D eigenvalue weighted by atomic mass is 9.51. The molecule has 11 heteroatoms. The highest BCUT2D eigenvalue weighted by molar-refractivity contribution is 5.94. The summed E-state index contributed by atoms with van der Waals surface area (Å²) in [7, 11) is 2.16. The first-order valence-electron chi connectivity index (χ1n) is 11.3. The van der Waals surface area contributed by atoms with Gasteiger partial charge in [-0.25, -0.2) is 0 Å². The van der Waals surface area contributed by atoms with Gasteiger partial charge in [-0.15, -0.1) is 0 Å². The van der Waals surface area contributed by atoms with Crippen LogP contribution in [-0.2, 0) is 11.8 Å². The number of nitrogens with zero attached hydrogens (tertiary/aromatic N) is 4. The fraction of sp³-hybridized carbons (Fsp3) is 0.435. The molecule has 176 valence electrons. The molecule has 4 aliphatic rings. The summed E-state index contributed by atoms with van der Waals surface area (Å²) in [6.07, 6.45) is 2.96. The molecule has 2 aromatic carbocycles. The van der Waals surface area contributed by atoms with Crippen molar-refractivity contribution in [1.29, 1.82) is 0 Å². The van der Waals surface area contributed by atoms with Crippen LogP contribution in [0.1, 0.15) is 30.4 Å². The molecule has 34 heavy (non-hydrogen) atoms. The van der Waals surface area contributed by atoms with Gasteiger partial charge in [0.25, 0.3) is 5.69 Å². The zero-order chi connectivity index (χ0) is 23.8. The maximum Gasteiger partial charge on any atom is 0.301 e. The largest absolute Gasteiger partial charge is 0.504 e. The van der Waals surface area contributed by atoms with Crippen molar-refractivity contribution in [3.05, 3.63) is 61.7 Å². The monoisotopic (exact) mass is 465 g/mol. The summed E-state index contributed by atoms with van der Waals surface area (Å²) in [5, 5.41) is 37.7. The van der Waals surface area contributed by atoms with Gasteiger partial charge >= 0.3 is 5.69 Å². The van der Waals surface area contributed by atoms with Gasteiger partial charge in [0, 0.05) is 23.1 Å². The minimum Gasteiger partial charge on any atom is -0.504 e. The first-order chi connectivity index (χ1) is 16.3. The Morgan fingerprint density at radius 2 is 2.06 bits per heavy atom. The molecule has 2 heterocycles. The van der Waals surface area contributed by atoms with Crippen molar-refractivity contribution in [2.75, 3.05) is 19.0 Å². The molecule has 1 saturated carbocycles. The molecule has 2 fully saturated rings. The van der Waals surface area contributed by atoms with Crippen molar-refractivity contribution in [2.24, 2.45) is 11.0 Å². The van der Waals surface area contributed by atoms with Crippen LogP contribution < -0.4 is 10.2 Å². The number of nitro groups is 2. The maximum atomic E-state index is 11.5. The molecule has 2 aliphatic heterocycles. The fourth-order valence-corrected chi connectivity index (χ4v) is 6.66. The number of benzene rings is 2. The van der Waals surface area contributed by atoms with Crippen LogP contribution in [0.25, 0.3) is 0 Å². The molecule has 2 N–H and O–H groups in total. The Labute approximate surface area is 194 Å². The Kier molecular flexibility index (Phi) is 4.37. The van der Waals surface area contributed by atoms with E-state index in [0.717, 1.165) is 43.1 Å².